The van der Waals surface area contributed by atoms with E-state index >= 15 is 0 Å². The van der Waals surface area contributed by atoms with Gasteiger partial charge in [0.15, 0.2) is 0 Å². The third kappa shape index (κ3) is 1.05. The predicted octanol–water partition coefficient (Wildman–Crippen LogP) is 1.15. The van der Waals surface area contributed by atoms with Crippen LogP contribution in [0.4, 0.5) is 8.78 Å². The van der Waals surface area contributed by atoms with Crippen molar-refractivity contribution in [2.45, 2.75) is 30.7 Å². The maximum absolute atomic E-state index is 12.8. The van der Waals surface area contributed by atoms with Gasteiger partial charge >= 0.3 is 0 Å². The molecule has 0 aromatic rings. The van der Waals surface area contributed by atoms with E-state index in [1.54, 1.807) is 0 Å². The van der Waals surface area contributed by atoms with Crippen molar-refractivity contribution >= 4 is 0 Å². The minimum Gasteiger partial charge on any atom is -0.381 e. The Labute approximate surface area is 70.1 Å². The lowest BCUT2D eigenvalue weighted by atomic mass is 9.90. The largest absolute Gasteiger partial charge is 0.381 e. The maximum Gasteiger partial charge on any atom is 0.268 e. The molecule has 1 heterocycles. The molecule has 2 N–H and O–H groups in total. The summed E-state index contributed by atoms with van der Waals surface area (Å²) in [5.41, 5.74) is 4.40. The molecule has 1 atom stereocenters. The van der Waals surface area contributed by atoms with Crippen LogP contribution in [0.2, 0.25) is 0 Å². The van der Waals surface area contributed by atoms with Gasteiger partial charge in [0.2, 0.25) is 0 Å². The zero-order chi connectivity index (χ0) is 8.82. The van der Waals surface area contributed by atoms with Crippen LogP contribution >= 0.6 is 0 Å². The summed E-state index contributed by atoms with van der Waals surface area (Å²) in [6.45, 7) is 1.17. The summed E-state index contributed by atoms with van der Waals surface area (Å²) in [6, 6.07) is 0. The van der Waals surface area contributed by atoms with Crippen molar-refractivity contribution in [2.75, 3.05) is 13.2 Å². The number of hydrogen-bond donors (Lipinski definition) is 1. The number of hydrogen-bond acceptors (Lipinski definition) is 2. The van der Waals surface area contributed by atoms with Crippen molar-refractivity contribution in [3.05, 3.63) is 0 Å². The Bertz CT molecular complexity index is 191. The van der Waals surface area contributed by atoms with Crippen LogP contribution in [0.3, 0.4) is 0 Å². The fourth-order valence-electron chi connectivity index (χ4n) is 1.98. The van der Waals surface area contributed by atoms with Gasteiger partial charge < -0.3 is 10.5 Å². The van der Waals surface area contributed by atoms with Crippen LogP contribution in [0, 0.1) is 5.92 Å². The molecule has 1 saturated carbocycles. The van der Waals surface area contributed by atoms with E-state index in [1.165, 1.54) is 0 Å². The molecule has 0 bridgehead atoms. The predicted molar refractivity (Wildman–Crippen MR) is 40.0 cm³/mol. The van der Waals surface area contributed by atoms with E-state index in [4.69, 9.17) is 10.5 Å². The quantitative estimate of drug-likeness (QED) is 0.652. The molecule has 1 unspecified atom stereocenters. The summed E-state index contributed by atoms with van der Waals surface area (Å²) in [7, 11) is 0. The van der Waals surface area contributed by atoms with Crippen LogP contribution in [-0.4, -0.2) is 24.7 Å². The van der Waals surface area contributed by atoms with Crippen molar-refractivity contribution < 1.29 is 13.5 Å². The smallest absolute Gasteiger partial charge is 0.268 e. The van der Waals surface area contributed by atoms with Crippen LogP contribution in [0.5, 0.6) is 0 Å². The first-order chi connectivity index (χ1) is 5.56. The Balaban J connectivity index is 2.00. The van der Waals surface area contributed by atoms with Gasteiger partial charge in [0.25, 0.3) is 5.92 Å². The maximum atomic E-state index is 12.8. The summed E-state index contributed by atoms with van der Waals surface area (Å²) in [5, 5.41) is 0. The Hall–Kier alpha value is -0.220. The molecule has 4 heteroatoms. The molecule has 0 aromatic carbocycles. The molecule has 1 aliphatic carbocycles. The van der Waals surface area contributed by atoms with Gasteiger partial charge in [-0.2, -0.15) is 0 Å². The Morgan fingerprint density at radius 3 is 2.17 bits per heavy atom. The number of alkyl halides is 2. The lowest BCUT2D eigenvalue weighted by Crippen LogP contribution is -2.41. The average molecular weight is 177 g/mol. The Morgan fingerprint density at radius 1 is 1.25 bits per heavy atom. The molecule has 70 valence electrons. The lowest BCUT2D eigenvalue weighted by Gasteiger charge is -2.27. The third-order valence-electron chi connectivity index (χ3n) is 3.02. The van der Waals surface area contributed by atoms with Crippen molar-refractivity contribution in [3.63, 3.8) is 0 Å². The molecule has 0 spiro atoms. The van der Waals surface area contributed by atoms with Crippen molar-refractivity contribution in [2.24, 2.45) is 11.7 Å². The van der Waals surface area contributed by atoms with E-state index in [1.807, 2.05) is 0 Å². The van der Waals surface area contributed by atoms with Crippen molar-refractivity contribution in [1.29, 1.82) is 0 Å². The van der Waals surface area contributed by atoms with E-state index in [9.17, 15) is 8.78 Å². The molecule has 0 radical (unpaired) electrons. The van der Waals surface area contributed by atoms with Crippen LogP contribution in [-0.2, 0) is 4.74 Å². The van der Waals surface area contributed by atoms with E-state index in [-0.39, 0.29) is 12.3 Å². The monoisotopic (exact) mass is 177 g/mol. The highest BCUT2D eigenvalue weighted by molar-refractivity contribution is 5.19. The van der Waals surface area contributed by atoms with Gasteiger partial charge in [0.1, 0.15) is 0 Å². The van der Waals surface area contributed by atoms with E-state index in [0.29, 0.717) is 26.1 Å². The third-order valence-corrected chi connectivity index (χ3v) is 3.02. The van der Waals surface area contributed by atoms with Gasteiger partial charge in [0.05, 0.1) is 5.54 Å². The van der Waals surface area contributed by atoms with Crippen LogP contribution in [0.15, 0.2) is 0 Å². The highest BCUT2D eigenvalue weighted by Crippen LogP contribution is 2.56. The molecule has 2 nitrogen and oxygen atoms in total. The number of nitrogens with two attached hydrogens (primary N) is 1. The van der Waals surface area contributed by atoms with Gasteiger partial charge in [-0.05, 0) is 18.8 Å². The first-order valence-corrected chi connectivity index (χ1v) is 4.31. The zero-order valence-corrected chi connectivity index (χ0v) is 6.85. The van der Waals surface area contributed by atoms with Crippen molar-refractivity contribution in [1.82, 2.24) is 0 Å². The fraction of sp³-hybridized carbons (Fsp3) is 1.00. The molecule has 1 saturated heterocycles. The molecular formula is C8H13F2NO. The molecule has 0 amide bonds. The average Bonchev–Trinajstić information content (AvgIpc) is 2.55. The van der Waals surface area contributed by atoms with Gasteiger partial charge in [0, 0.05) is 19.6 Å². The Morgan fingerprint density at radius 2 is 1.75 bits per heavy atom. The van der Waals surface area contributed by atoms with Crippen LogP contribution < -0.4 is 5.73 Å². The standard InChI is InChI=1S/C8H13F2NO/c9-8(10)5-7(8,11)6-1-3-12-4-2-6/h6H,1-5,11H2. The normalized spacial score (nSPS) is 41.2. The SMILES string of the molecule is NC1(C2CCOCC2)CC1(F)F. The Kier molecular flexibility index (Phi) is 1.67. The minimum atomic E-state index is -2.62. The highest BCUT2D eigenvalue weighted by Gasteiger charge is 2.71. The topological polar surface area (TPSA) is 35.2 Å². The fourth-order valence-corrected chi connectivity index (χ4v) is 1.98. The highest BCUT2D eigenvalue weighted by atomic mass is 19.3. The zero-order valence-electron chi connectivity index (χ0n) is 6.85. The molecule has 0 aromatic heterocycles. The van der Waals surface area contributed by atoms with Crippen LogP contribution in [0.1, 0.15) is 19.3 Å². The second-order valence-corrected chi connectivity index (χ2v) is 3.81. The van der Waals surface area contributed by atoms with E-state index in [2.05, 4.69) is 0 Å². The molecule has 2 rings (SSSR count). The number of halogens is 2. The lowest BCUT2D eigenvalue weighted by molar-refractivity contribution is 0.0198. The number of ether oxygens (including phenoxy) is 1. The molecule has 1 aliphatic heterocycles. The molecular weight excluding hydrogens is 164 g/mol. The summed E-state index contributed by atoms with van der Waals surface area (Å²) in [4.78, 5) is 0. The minimum absolute atomic E-state index is 0.0405. The first kappa shape index (κ1) is 8.38. The van der Waals surface area contributed by atoms with Gasteiger partial charge in [-0.3, -0.25) is 0 Å². The van der Waals surface area contributed by atoms with E-state index < -0.39 is 11.5 Å². The second kappa shape index (κ2) is 2.39. The first-order valence-electron chi connectivity index (χ1n) is 4.31. The summed E-state index contributed by atoms with van der Waals surface area (Å²) in [5.74, 6) is -2.66. The van der Waals surface area contributed by atoms with Gasteiger partial charge in [-0.15, -0.1) is 0 Å². The molecule has 12 heavy (non-hydrogen) atoms. The molecule has 2 fully saturated rings. The summed E-state index contributed by atoms with van der Waals surface area (Å²) in [6.07, 6.45) is 1.24. The summed E-state index contributed by atoms with van der Waals surface area (Å²) >= 11 is 0. The van der Waals surface area contributed by atoms with E-state index in [0.717, 1.165) is 0 Å². The van der Waals surface area contributed by atoms with Crippen molar-refractivity contribution in [3.8, 4) is 0 Å². The summed E-state index contributed by atoms with van der Waals surface area (Å²) < 4.78 is 30.7. The number of rotatable bonds is 1. The molecule has 2 aliphatic rings. The van der Waals surface area contributed by atoms with Gasteiger partial charge in [-0.25, -0.2) is 8.78 Å². The van der Waals surface area contributed by atoms with Gasteiger partial charge in [-0.1, -0.05) is 0 Å². The second-order valence-electron chi connectivity index (χ2n) is 3.81. The van der Waals surface area contributed by atoms with Crippen LogP contribution in [0.25, 0.3) is 0 Å².